The maximum Gasteiger partial charge on any atom is 0.417 e. The van der Waals surface area contributed by atoms with Crippen molar-refractivity contribution in [2.45, 2.75) is 23.2 Å². The lowest BCUT2D eigenvalue weighted by Crippen LogP contribution is -2.52. The second-order valence-corrected chi connectivity index (χ2v) is 10.6. The lowest BCUT2D eigenvalue weighted by molar-refractivity contribution is -0.101. The largest absolute Gasteiger partial charge is 0.417 e. The predicted octanol–water partition coefficient (Wildman–Crippen LogP) is 2.21. The maximum atomic E-state index is 13.8. The topological polar surface area (TPSA) is 112 Å². The number of aliphatic imine (C=N–C) groups is 1. The Morgan fingerprint density at radius 2 is 1.83 bits per heavy atom. The molecule has 0 bridgehead atoms. The van der Waals surface area contributed by atoms with E-state index >= 15 is 0 Å². The molecule has 2 aliphatic rings. The van der Waals surface area contributed by atoms with Crippen LogP contribution < -0.4 is 26.6 Å². The van der Waals surface area contributed by atoms with Crippen LogP contribution in [0, 0.1) is 0 Å². The van der Waals surface area contributed by atoms with Crippen molar-refractivity contribution in [3.05, 3.63) is 65.9 Å². The molecule has 2 aromatic rings. The van der Waals surface area contributed by atoms with E-state index in [1.54, 1.807) is 0 Å². The lowest BCUT2D eigenvalue weighted by atomic mass is 9.92. The van der Waals surface area contributed by atoms with Gasteiger partial charge >= 0.3 is 6.18 Å². The molecule has 0 aliphatic carbocycles. The van der Waals surface area contributed by atoms with Crippen molar-refractivity contribution in [3.8, 4) is 0 Å². The number of nitrogens with one attached hydrogen (secondary N) is 3. The number of sulfone groups is 1. The molecule has 1 atom stereocenters. The summed E-state index contributed by atoms with van der Waals surface area (Å²) in [5.74, 6) is 0.0506. The Morgan fingerprint density at radius 3 is 2.46 bits per heavy atom. The normalized spacial score (nSPS) is 21.1. The number of nitrogens with zero attached hydrogens (tertiary/aromatic N) is 2. The highest BCUT2D eigenvalue weighted by Gasteiger charge is 2.48. The molecule has 8 nitrogen and oxygen atoms in total. The fraction of sp³-hybridized carbons (Fsp3) is 0.348. The average Bonchev–Trinajstić information content (AvgIpc) is 2.79. The third-order valence-electron chi connectivity index (χ3n) is 5.85. The van der Waals surface area contributed by atoms with E-state index in [-0.39, 0.29) is 17.3 Å². The van der Waals surface area contributed by atoms with Crippen molar-refractivity contribution in [3.63, 3.8) is 0 Å². The highest BCUT2D eigenvalue weighted by atomic mass is 32.2. The fourth-order valence-electron chi connectivity index (χ4n) is 4.10. The number of piperazine rings is 1. The minimum Gasteiger partial charge on any atom is -0.369 e. The molecule has 0 saturated carbocycles. The van der Waals surface area contributed by atoms with Gasteiger partial charge in [0.15, 0.2) is 9.84 Å². The van der Waals surface area contributed by atoms with Gasteiger partial charge in [-0.2, -0.15) is 13.2 Å². The van der Waals surface area contributed by atoms with E-state index in [4.69, 9.17) is 5.73 Å². The molecule has 2 aliphatic heterocycles. The summed E-state index contributed by atoms with van der Waals surface area (Å²) in [4.78, 5) is 6.41. The van der Waals surface area contributed by atoms with Crippen molar-refractivity contribution in [2.24, 2.45) is 10.7 Å². The van der Waals surface area contributed by atoms with Crippen molar-refractivity contribution in [1.82, 2.24) is 10.6 Å². The molecule has 2 aromatic carbocycles. The molecule has 1 fully saturated rings. The molecule has 1 saturated heterocycles. The zero-order valence-corrected chi connectivity index (χ0v) is 19.9. The highest BCUT2D eigenvalue weighted by Crippen LogP contribution is 2.37. The second-order valence-electron chi connectivity index (χ2n) is 8.59. The number of halogens is 3. The van der Waals surface area contributed by atoms with Crippen LogP contribution in [0.2, 0.25) is 0 Å². The number of hydrogen-bond donors (Lipinski definition) is 4. The monoisotopic (exact) mass is 508 g/mol. The van der Waals surface area contributed by atoms with Gasteiger partial charge in [-0.3, -0.25) is 0 Å². The second kappa shape index (κ2) is 9.51. The van der Waals surface area contributed by atoms with Gasteiger partial charge in [-0.1, -0.05) is 12.1 Å². The van der Waals surface area contributed by atoms with Crippen LogP contribution in [-0.4, -0.2) is 58.7 Å². The summed E-state index contributed by atoms with van der Waals surface area (Å²) in [5.41, 5.74) is 4.99. The van der Waals surface area contributed by atoms with Gasteiger partial charge in [-0.15, -0.1) is 0 Å². The summed E-state index contributed by atoms with van der Waals surface area (Å²) in [5, 5.41) is 8.82. The Bertz CT molecular complexity index is 1240. The Balaban J connectivity index is 1.58. The molecule has 188 valence electrons. The molecule has 1 unspecified atom stereocenters. The quantitative estimate of drug-likeness (QED) is 0.490. The summed E-state index contributed by atoms with van der Waals surface area (Å²) in [6, 6.07) is 13.2. The first kappa shape index (κ1) is 25.0. The number of anilines is 2. The van der Waals surface area contributed by atoms with Crippen LogP contribution in [0.4, 0.5) is 24.5 Å². The van der Waals surface area contributed by atoms with E-state index < -0.39 is 27.2 Å². The first-order chi connectivity index (χ1) is 16.4. The Labute approximate surface area is 202 Å². The molecule has 0 radical (unpaired) electrons. The molecular weight excluding hydrogens is 481 g/mol. The minimum atomic E-state index is -4.74. The van der Waals surface area contributed by atoms with Crippen LogP contribution in [0.3, 0.4) is 0 Å². The fourth-order valence-corrected chi connectivity index (χ4v) is 4.79. The molecule has 0 amide bonds. The third kappa shape index (κ3) is 5.95. The zero-order valence-electron chi connectivity index (χ0n) is 19.1. The number of alkyl halides is 3. The molecule has 0 spiro atoms. The molecule has 0 aromatic heterocycles. The molecule has 35 heavy (non-hydrogen) atoms. The van der Waals surface area contributed by atoms with Gasteiger partial charge < -0.3 is 26.6 Å². The number of rotatable bonds is 5. The molecule has 12 heteroatoms. The number of hydrogen-bond acceptors (Lipinski definition) is 8. The van der Waals surface area contributed by atoms with Crippen molar-refractivity contribution in [2.75, 3.05) is 42.7 Å². The number of benzene rings is 2. The van der Waals surface area contributed by atoms with Crippen LogP contribution in [0.25, 0.3) is 0 Å². The molecule has 2 heterocycles. The summed E-state index contributed by atoms with van der Waals surface area (Å²) in [6.45, 7) is 3.59. The minimum absolute atomic E-state index is 0.00280. The van der Waals surface area contributed by atoms with Gasteiger partial charge in [0.1, 0.15) is 5.66 Å². The average molecular weight is 509 g/mol. The van der Waals surface area contributed by atoms with E-state index in [2.05, 4.69) is 25.8 Å². The van der Waals surface area contributed by atoms with E-state index in [0.717, 1.165) is 44.3 Å². The summed E-state index contributed by atoms with van der Waals surface area (Å²) in [7, 11) is -3.54. The van der Waals surface area contributed by atoms with Gasteiger partial charge in [-0.05, 0) is 42.0 Å². The summed E-state index contributed by atoms with van der Waals surface area (Å²) in [6.07, 6.45) is -3.26. The van der Waals surface area contributed by atoms with Crippen molar-refractivity contribution < 1.29 is 21.6 Å². The predicted molar refractivity (Wildman–Crippen MR) is 130 cm³/mol. The van der Waals surface area contributed by atoms with Gasteiger partial charge in [0.05, 0.1) is 10.5 Å². The van der Waals surface area contributed by atoms with Crippen LogP contribution in [0.5, 0.6) is 0 Å². The Morgan fingerprint density at radius 1 is 1.14 bits per heavy atom. The first-order valence-corrected chi connectivity index (χ1v) is 12.9. The Hall–Kier alpha value is -3.09. The Kier molecular flexibility index (Phi) is 6.80. The number of guanidine groups is 1. The smallest absolute Gasteiger partial charge is 0.369 e. The van der Waals surface area contributed by atoms with E-state index in [0.29, 0.717) is 11.3 Å². The first-order valence-electron chi connectivity index (χ1n) is 11.0. The van der Waals surface area contributed by atoms with E-state index in [9.17, 15) is 21.6 Å². The van der Waals surface area contributed by atoms with Crippen molar-refractivity contribution >= 4 is 27.2 Å². The van der Waals surface area contributed by atoms with Crippen LogP contribution in [0.15, 0.2) is 70.2 Å². The molecule has 5 N–H and O–H groups in total. The lowest BCUT2D eigenvalue weighted by Gasteiger charge is -2.34. The zero-order chi connectivity index (χ0) is 25.3. The van der Waals surface area contributed by atoms with Crippen molar-refractivity contribution in [1.29, 1.82) is 0 Å². The van der Waals surface area contributed by atoms with Gasteiger partial charge in [-0.25, -0.2) is 13.4 Å². The summed E-state index contributed by atoms with van der Waals surface area (Å²) >= 11 is 0. The maximum absolute atomic E-state index is 13.8. The number of nitrogens with two attached hydrogens (primary N) is 1. The standard InChI is InChI=1S/C23H27F3N6O2S/c1-35(33,34)19-4-2-3-16(13-19)14-22(27)20(23(24,25)26)15-29-21(31-22)30-17-5-7-18(8-6-17)32-11-9-28-10-12-32/h2-8,13,15,28H,9-12,14,27H2,1H3,(H2,29,30,31). The van der Waals surface area contributed by atoms with Gasteiger partial charge in [0, 0.05) is 56.4 Å². The van der Waals surface area contributed by atoms with Gasteiger partial charge in [0.25, 0.3) is 0 Å². The summed E-state index contributed by atoms with van der Waals surface area (Å²) < 4.78 is 65.2. The highest BCUT2D eigenvalue weighted by molar-refractivity contribution is 7.90. The molecule has 4 rings (SSSR count). The van der Waals surface area contributed by atoms with E-state index in [1.807, 2.05) is 24.3 Å². The third-order valence-corrected chi connectivity index (χ3v) is 6.96. The van der Waals surface area contributed by atoms with Crippen LogP contribution in [-0.2, 0) is 16.3 Å². The van der Waals surface area contributed by atoms with E-state index in [1.165, 1.54) is 24.3 Å². The van der Waals surface area contributed by atoms with Crippen LogP contribution in [0.1, 0.15) is 5.56 Å². The SMILES string of the molecule is CS(=O)(=O)c1cccc(CC2(N)N=C(Nc3ccc(N4CCNCC4)cc3)NC=C2C(F)(F)F)c1. The van der Waals surface area contributed by atoms with Gasteiger partial charge in [0.2, 0.25) is 5.96 Å². The van der Waals surface area contributed by atoms with Crippen LogP contribution >= 0.6 is 0 Å². The molecular formula is C23H27F3N6O2S.